The molecule has 3 nitrogen and oxygen atoms in total. The normalized spacial score (nSPS) is 17.9. The number of ether oxygens (including phenoxy) is 2. The lowest BCUT2D eigenvalue weighted by Gasteiger charge is -2.25. The number of rotatable bonds is 7. The maximum Gasteiger partial charge on any atom is 0.119 e. The van der Waals surface area contributed by atoms with E-state index >= 15 is 0 Å². The van der Waals surface area contributed by atoms with E-state index in [0.29, 0.717) is 6.04 Å². The van der Waals surface area contributed by atoms with Crippen LogP contribution in [0.4, 0.5) is 0 Å². The molecule has 0 spiro atoms. The first-order valence-electron chi connectivity index (χ1n) is 7.40. The summed E-state index contributed by atoms with van der Waals surface area (Å²) in [6.45, 7) is 4.98. The first kappa shape index (κ1) is 15.7. The van der Waals surface area contributed by atoms with Crippen LogP contribution in [0.2, 0.25) is 0 Å². The molecular weight excluding hydrogens is 270 g/mol. The molecule has 0 aliphatic carbocycles. The average Bonchev–Trinajstić information content (AvgIpc) is 2.52. The Bertz CT molecular complexity index is 394. The van der Waals surface area contributed by atoms with Gasteiger partial charge in [-0.25, -0.2) is 0 Å². The molecule has 2 rings (SSSR count). The van der Waals surface area contributed by atoms with Crippen molar-refractivity contribution in [2.75, 3.05) is 32.6 Å². The molecule has 4 heteroatoms. The van der Waals surface area contributed by atoms with Gasteiger partial charge >= 0.3 is 0 Å². The van der Waals surface area contributed by atoms with Gasteiger partial charge in [0.2, 0.25) is 0 Å². The summed E-state index contributed by atoms with van der Waals surface area (Å²) in [5, 5.41) is 4.33. The third-order valence-corrected chi connectivity index (χ3v) is 5.08. The van der Waals surface area contributed by atoms with Gasteiger partial charge in [0, 0.05) is 30.3 Å². The first-order chi connectivity index (χ1) is 9.83. The Kier molecular flexibility index (Phi) is 6.70. The van der Waals surface area contributed by atoms with Crippen LogP contribution in [0, 0.1) is 0 Å². The Morgan fingerprint density at radius 3 is 2.90 bits per heavy atom. The SMILES string of the molecule is CCNC(CSC1CCOCC1)c1cccc(OC)c1. The van der Waals surface area contributed by atoms with E-state index in [1.165, 1.54) is 18.4 Å². The topological polar surface area (TPSA) is 30.5 Å². The summed E-state index contributed by atoms with van der Waals surface area (Å²) in [6.07, 6.45) is 2.36. The highest BCUT2D eigenvalue weighted by atomic mass is 32.2. The molecule has 1 N–H and O–H groups in total. The Labute approximate surface area is 126 Å². The van der Waals surface area contributed by atoms with Crippen molar-refractivity contribution in [1.82, 2.24) is 5.32 Å². The molecule has 1 unspecified atom stereocenters. The quantitative estimate of drug-likeness (QED) is 0.836. The molecule has 0 radical (unpaired) electrons. The number of thioether (sulfide) groups is 1. The van der Waals surface area contributed by atoms with Crippen LogP contribution in [0.3, 0.4) is 0 Å². The number of nitrogens with one attached hydrogen (secondary N) is 1. The fourth-order valence-electron chi connectivity index (χ4n) is 2.45. The molecule has 1 aromatic carbocycles. The zero-order valence-electron chi connectivity index (χ0n) is 12.4. The van der Waals surface area contributed by atoms with E-state index in [1.54, 1.807) is 7.11 Å². The fraction of sp³-hybridized carbons (Fsp3) is 0.625. The van der Waals surface area contributed by atoms with E-state index in [1.807, 2.05) is 6.07 Å². The van der Waals surface area contributed by atoms with Gasteiger partial charge in [0.1, 0.15) is 5.75 Å². The van der Waals surface area contributed by atoms with Crippen molar-refractivity contribution in [2.45, 2.75) is 31.1 Å². The lowest BCUT2D eigenvalue weighted by atomic mass is 10.1. The molecule has 1 atom stereocenters. The summed E-state index contributed by atoms with van der Waals surface area (Å²) >= 11 is 2.07. The first-order valence-corrected chi connectivity index (χ1v) is 8.45. The van der Waals surface area contributed by atoms with E-state index in [0.717, 1.165) is 36.5 Å². The van der Waals surface area contributed by atoms with Crippen LogP contribution in [0.25, 0.3) is 0 Å². The minimum atomic E-state index is 0.392. The summed E-state index contributed by atoms with van der Waals surface area (Å²) in [4.78, 5) is 0. The molecule has 1 fully saturated rings. The fourth-order valence-corrected chi connectivity index (χ4v) is 3.75. The van der Waals surface area contributed by atoms with Gasteiger partial charge in [-0.05, 0) is 37.1 Å². The molecule has 1 saturated heterocycles. The minimum Gasteiger partial charge on any atom is -0.497 e. The minimum absolute atomic E-state index is 0.392. The highest BCUT2D eigenvalue weighted by Gasteiger charge is 2.18. The largest absolute Gasteiger partial charge is 0.497 e. The van der Waals surface area contributed by atoms with Crippen molar-refractivity contribution >= 4 is 11.8 Å². The molecule has 20 heavy (non-hydrogen) atoms. The van der Waals surface area contributed by atoms with Crippen molar-refractivity contribution in [3.63, 3.8) is 0 Å². The average molecular weight is 295 g/mol. The molecular formula is C16H25NO2S. The second kappa shape index (κ2) is 8.55. The van der Waals surface area contributed by atoms with Gasteiger partial charge in [0.05, 0.1) is 7.11 Å². The van der Waals surface area contributed by atoms with Gasteiger partial charge in [-0.3, -0.25) is 0 Å². The number of benzene rings is 1. The predicted octanol–water partition coefficient (Wildman–Crippen LogP) is 3.26. The van der Waals surface area contributed by atoms with Crippen LogP contribution in [-0.2, 0) is 4.74 Å². The molecule has 0 amide bonds. The molecule has 0 aromatic heterocycles. The van der Waals surface area contributed by atoms with Gasteiger partial charge in [-0.15, -0.1) is 0 Å². The summed E-state index contributed by atoms with van der Waals surface area (Å²) in [7, 11) is 1.72. The predicted molar refractivity (Wildman–Crippen MR) is 85.7 cm³/mol. The van der Waals surface area contributed by atoms with E-state index in [-0.39, 0.29) is 0 Å². The Morgan fingerprint density at radius 1 is 1.40 bits per heavy atom. The van der Waals surface area contributed by atoms with E-state index < -0.39 is 0 Å². The van der Waals surface area contributed by atoms with Gasteiger partial charge < -0.3 is 14.8 Å². The summed E-state index contributed by atoms with van der Waals surface area (Å²) in [6, 6.07) is 8.77. The van der Waals surface area contributed by atoms with Crippen LogP contribution in [-0.4, -0.2) is 37.9 Å². The molecule has 1 aliphatic rings. The maximum absolute atomic E-state index is 5.42. The third-order valence-electron chi connectivity index (χ3n) is 3.61. The zero-order chi connectivity index (χ0) is 14.2. The molecule has 0 bridgehead atoms. The Balaban J connectivity index is 1.94. The molecule has 1 heterocycles. The second-order valence-electron chi connectivity index (χ2n) is 5.03. The maximum atomic E-state index is 5.42. The molecule has 0 saturated carbocycles. The van der Waals surface area contributed by atoms with Gasteiger partial charge in [-0.2, -0.15) is 11.8 Å². The van der Waals surface area contributed by atoms with Gasteiger partial charge in [0.15, 0.2) is 0 Å². The summed E-state index contributed by atoms with van der Waals surface area (Å²) < 4.78 is 10.7. The standard InChI is InChI=1S/C16H25NO2S/c1-3-17-16(12-20-15-7-9-19-10-8-15)13-5-4-6-14(11-13)18-2/h4-6,11,15-17H,3,7-10,12H2,1-2H3. The van der Waals surface area contributed by atoms with E-state index in [2.05, 4.69) is 42.2 Å². The molecule has 1 aromatic rings. The van der Waals surface area contributed by atoms with Crippen LogP contribution >= 0.6 is 11.8 Å². The Hall–Kier alpha value is -0.710. The highest BCUT2D eigenvalue weighted by Crippen LogP contribution is 2.28. The van der Waals surface area contributed by atoms with Gasteiger partial charge in [-0.1, -0.05) is 19.1 Å². The van der Waals surface area contributed by atoms with Gasteiger partial charge in [0.25, 0.3) is 0 Å². The van der Waals surface area contributed by atoms with E-state index in [9.17, 15) is 0 Å². The van der Waals surface area contributed by atoms with Crippen LogP contribution in [0.15, 0.2) is 24.3 Å². The zero-order valence-corrected chi connectivity index (χ0v) is 13.2. The Morgan fingerprint density at radius 2 is 2.20 bits per heavy atom. The number of hydrogen-bond donors (Lipinski definition) is 1. The second-order valence-corrected chi connectivity index (χ2v) is 6.37. The van der Waals surface area contributed by atoms with Crippen molar-refractivity contribution < 1.29 is 9.47 Å². The van der Waals surface area contributed by atoms with Crippen LogP contribution in [0.1, 0.15) is 31.4 Å². The summed E-state index contributed by atoms with van der Waals surface area (Å²) in [5.41, 5.74) is 1.31. The van der Waals surface area contributed by atoms with Crippen LogP contribution < -0.4 is 10.1 Å². The lowest BCUT2D eigenvalue weighted by molar-refractivity contribution is 0.1000. The number of methoxy groups -OCH3 is 1. The summed E-state index contributed by atoms with van der Waals surface area (Å²) in [5.74, 6) is 2.03. The third kappa shape index (κ3) is 4.69. The molecule has 1 aliphatic heterocycles. The van der Waals surface area contributed by atoms with E-state index in [4.69, 9.17) is 9.47 Å². The van der Waals surface area contributed by atoms with Crippen molar-refractivity contribution in [3.05, 3.63) is 29.8 Å². The smallest absolute Gasteiger partial charge is 0.119 e. The number of hydrogen-bond acceptors (Lipinski definition) is 4. The van der Waals surface area contributed by atoms with Crippen molar-refractivity contribution in [3.8, 4) is 5.75 Å². The monoisotopic (exact) mass is 295 g/mol. The lowest BCUT2D eigenvalue weighted by Crippen LogP contribution is -2.25. The van der Waals surface area contributed by atoms with Crippen molar-refractivity contribution in [1.29, 1.82) is 0 Å². The highest BCUT2D eigenvalue weighted by molar-refractivity contribution is 7.99. The van der Waals surface area contributed by atoms with Crippen LogP contribution in [0.5, 0.6) is 5.75 Å². The molecule has 112 valence electrons. The van der Waals surface area contributed by atoms with Crippen molar-refractivity contribution in [2.24, 2.45) is 0 Å².